The average molecular weight is 233 g/mol. The zero-order valence-corrected chi connectivity index (χ0v) is 10.9. The van der Waals surface area contributed by atoms with E-state index in [1.54, 1.807) is 0 Å². The first-order valence-electron chi connectivity index (χ1n) is 6.63. The summed E-state index contributed by atoms with van der Waals surface area (Å²) in [5.74, 6) is 0. The lowest BCUT2D eigenvalue weighted by Gasteiger charge is -2.32. The first-order valence-corrected chi connectivity index (χ1v) is 6.63. The van der Waals surface area contributed by atoms with Crippen LogP contribution in [-0.4, -0.2) is 18.1 Å². The third-order valence-electron chi connectivity index (χ3n) is 3.77. The molecule has 0 spiro atoms. The summed E-state index contributed by atoms with van der Waals surface area (Å²) in [4.78, 5) is 6.80. The van der Waals surface area contributed by atoms with Crippen molar-refractivity contribution in [3.8, 4) is 0 Å². The molecule has 0 bridgehead atoms. The zero-order chi connectivity index (χ0) is 12.3. The predicted molar refractivity (Wildman–Crippen MR) is 72.1 cm³/mol. The number of nitrogens with zero attached hydrogens (tertiary/aromatic N) is 2. The van der Waals surface area contributed by atoms with Gasteiger partial charge in [0, 0.05) is 19.1 Å². The molecule has 0 aromatic carbocycles. The molecule has 1 aromatic heterocycles. The topological polar surface area (TPSA) is 42.1 Å². The van der Waals surface area contributed by atoms with Crippen LogP contribution in [0.5, 0.6) is 0 Å². The molecule has 1 saturated carbocycles. The fraction of sp³-hybridized carbons (Fsp3) is 0.643. The molecular weight excluding hydrogens is 210 g/mol. The van der Waals surface area contributed by atoms with Crippen molar-refractivity contribution in [2.75, 3.05) is 11.9 Å². The number of hydrogen-bond donors (Lipinski definition) is 1. The summed E-state index contributed by atoms with van der Waals surface area (Å²) < 4.78 is 0. The summed E-state index contributed by atoms with van der Waals surface area (Å²) in [5, 5.41) is 0. The van der Waals surface area contributed by atoms with Gasteiger partial charge in [-0.15, -0.1) is 0 Å². The van der Waals surface area contributed by atoms with Gasteiger partial charge in [0.05, 0.1) is 17.6 Å². The highest BCUT2D eigenvalue weighted by Gasteiger charge is 2.18. The molecule has 0 amide bonds. The van der Waals surface area contributed by atoms with Gasteiger partial charge in [-0.25, -0.2) is 0 Å². The summed E-state index contributed by atoms with van der Waals surface area (Å²) >= 11 is 0. The Bertz CT molecular complexity index is 339. The van der Waals surface area contributed by atoms with Crippen LogP contribution in [0.2, 0.25) is 0 Å². The monoisotopic (exact) mass is 233 g/mol. The number of pyridine rings is 1. The van der Waals surface area contributed by atoms with E-state index < -0.39 is 0 Å². The van der Waals surface area contributed by atoms with Gasteiger partial charge in [0.1, 0.15) is 0 Å². The van der Waals surface area contributed by atoms with Gasteiger partial charge >= 0.3 is 0 Å². The Morgan fingerprint density at radius 3 is 2.53 bits per heavy atom. The van der Waals surface area contributed by atoms with Crippen molar-refractivity contribution in [3.63, 3.8) is 0 Å². The van der Waals surface area contributed by atoms with Crippen LogP contribution >= 0.6 is 0 Å². The molecule has 0 unspecified atom stereocenters. The molecule has 1 fully saturated rings. The van der Waals surface area contributed by atoms with Crippen LogP contribution in [0.3, 0.4) is 0 Å². The Labute approximate surface area is 104 Å². The summed E-state index contributed by atoms with van der Waals surface area (Å²) in [6.07, 6.45) is 8.69. The standard InChI is InChI=1S/C14H23N3/c1-11(15)14-9-8-13(10-16-14)17(2)12-6-4-3-5-7-12/h8-12H,3-7,15H2,1-2H3/t11-/m1/s1. The third kappa shape index (κ3) is 2.97. The van der Waals surface area contributed by atoms with Crippen molar-refractivity contribution in [2.24, 2.45) is 5.73 Å². The first-order chi connectivity index (χ1) is 8.18. The normalized spacial score (nSPS) is 19.0. The van der Waals surface area contributed by atoms with Crippen molar-refractivity contribution in [1.29, 1.82) is 0 Å². The van der Waals surface area contributed by atoms with Gasteiger partial charge in [0.15, 0.2) is 0 Å². The SMILES string of the molecule is C[C@@H](N)c1ccc(N(C)C2CCCCC2)cn1. The Kier molecular flexibility index (Phi) is 4.00. The summed E-state index contributed by atoms with van der Waals surface area (Å²) in [6, 6.07) is 4.88. The fourth-order valence-corrected chi connectivity index (χ4v) is 2.55. The van der Waals surface area contributed by atoms with Crippen LogP contribution in [0.15, 0.2) is 18.3 Å². The molecule has 2 N–H and O–H groups in total. The molecule has 1 aliphatic rings. The van der Waals surface area contributed by atoms with Gasteiger partial charge in [-0.1, -0.05) is 19.3 Å². The van der Waals surface area contributed by atoms with E-state index in [0.29, 0.717) is 6.04 Å². The summed E-state index contributed by atoms with van der Waals surface area (Å²) in [7, 11) is 2.18. The number of nitrogens with two attached hydrogens (primary N) is 1. The lowest BCUT2D eigenvalue weighted by molar-refractivity contribution is 0.427. The Morgan fingerprint density at radius 2 is 2.00 bits per heavy atom. The van der Waals surface area contributed by atoms with Crippen LogP contribution in [-0.2, 0) is 0 Å². The van der Waals surface area contributed by atoms with E-state index in [1.807, 2.05) is 19.2 Å². The van der Waals surface area contributed by atoms with Crippen molar-refractivity contribution in [1.82, 2.24) is 4.98 Å². The van der Waals surface area contributed by atoms with E-state index in [2.05, 4.69) is 23.0 Å². The minimum absolute atomic E-state index is 0.0176. The number of rotatable bonds is 3. The zero-order valence-electron chi connectivity index (χ0n) is 10.9. The third-order valence-corrected chi connectivity index (χ3v) is 3.77. The van der Waals surface area contributed by atoms with E-state index in [9.17, 15) is 0 Å². The van der Waals surface area contributed by atoms with Crippen LogP contribution in [0.4, 0.5) is 5.69 Å². The second kappa shape index (κ2) is 5.50. The second-order valence-corrected chi connectivity index (χ2v) is 5.13. The van der Waals surface area contributed by atoms with Crippen LogP contribution in [0, 0.1) is 0 Å². The average Bonchev–Trinajstić information content (AvgIpc) is 2.39. The van der Waals surface area contributed by atoms with Gasteiger partial charge in [-0.3, -0.25) is 4.98 Å². The van der Waals surface area contributed by atoms with Crippen LogP contribution in [0.1, 0.15) is 50.8 Å². The molecule has 0 radical (unpaired) electrons. The van der Waals surface area contributed by atoms with E-state index in [1.165, 1.54) is 37.8 Å². The van der Waals surface area contributed by atoms with Crippen LogP contribution < -0.4 is 10.6 Å². The smallest absolute Gasteiger partial charge is 0.0569 e. The molecule has 94 valence electrons. The molecule has 2 rings (SSSR count). The highest BCUT2D eigenvalue weighted by atomic mass is 15.1. The number of hydrogen-bond acceptors (Lipinski definition) is 3. The number of anilines is 1. The molecule has 1 atom stereocenters. The molecule has 1 aromatic rings. The minimum Gasteiger partial charge on any atom is -0.370 e. The minimum atomic E-state index is 0.0176. The molecule has 1 aliphatic carbocycles. The Hall–Kier alpha value is -1.09. The maximum atomic E-state index is 5.81. The molecule has 3 nitrogen and oxygen atoms in total. The Morgan fingerprint density at radius 1 is 1.29 bits per heavy atom. The van der Waals surface area contributed by atoms with E-state index >= 15 is 0 Å². The maximum Gasteiger partial charge on any atom is 0.0569 e. The largest absolute Gasteiger partial charge is 0.370 e. The van der Waals surface area contributed by atoms with Gasteiger partial charge in [-0.05, 0) is 31.9 Å². The van der Waals surface area contributed by atoms with Gasteiger partial charge < -0.3 is 10.6 Å². The lowest BCUT2D eigenvalue weighted by Crippen LogP contribution is -2.33. The number of aromatic nitrogens is 1. The fourth-order valence-electron chi connectivity index (χ4n) is 2.55. The van der Waals surface area contributed by atoms with E-state index in [0.717, 1.165) is 5.69 Å². The maximum absolute atomic E-state index is 5.81. The highest BCUT2D eigenvalue weighted by molar-refractivity contribution is 5.45. The van der Waals surface area contributed by atoms with Gasteiger partial charge in [0.25, 0.3) is 0 Å². The van der Waals surface area contributed by atoms with Gasteiger partial charge in [0.2, 0.25) is 0 Å². The van der Waals surface area contributed by atoms with Crippen LogP contribution in [0.25, 0.3) is 0 Å². The van der Waals surface area contributed by atoms with Crippen molar-refractivity contribution >= 4 is 5.69 Å². The lowest BCUT2D eigenvalue weighted by atomic mass is 9.94. The van der Waals surface area contributed by atoms with Crippen molar-refractivity contribution in [3.05, 3.63) is 24.0 Å². The summed E-state index contributed by atoms with van der Waals surface area (Å²) in [6.45, 7) is 1.97. The second-order valence-electron chi connectivity index (χ2n) is 5.13. The van der Waals surface area contributed by atoms with E-state index in [4.69, 9.17) is 5.73 Å². The molecule has 17 heavy (non-hydrogen) atoms. The first kappa shape index (κ1) is 12.4. The Balaban J connectivity index is 2.05. The molecule has 0 aliphatic heterocycles. The van der Waals surface area contributed by atoms with Gasteiger partial charge in [-0.2, -0.15) is 0 Å². The predicted octanol–water partition coefficient (Wildman–Crippen LogP) is 2.87. The summed E-state index contributed by atoms with van der Waals surface area (Å²) in [5.41, 5.74) is 7.98. The molecule has 0 saturated heterocycles. The quantitative estimate of drug-likeness (QED) is 0.873. The van der Waals surface area contributed by atoms with E-state index in [-0.39, 0.29) is 6.04 Å². The molecule has 1 heterocycles. The van der Waals surface area contributed by atoms with Crippen molar-refractivity contribution in [2.45, 2.75) is 51.1 Å². The molecular formula is C14H23N3. The van der Waals surface area contributed by atoms with Crippen molar-refractivity contribution < 1.29 is 0 Å². The molecule has 3 heteroatoms. The highest BCUT2D eigenvalue weighted by Crippen LogP contribution is 2.25.